The van der Waals surface area contributed by atoms with E-state index in [1.54, 1.807) is 23.7 Å². The van der Waals surface area contributed by atoms with Gasteiger partial charge in [0, 0.05) is 61.8 Å². The SMILES string of the molecule is O=C(O)C(F)(F)F.O=C(O)C(F)(F)F.c1cnc(N2CCN(Cc3cc(-c4ccsc4)n[nH]3)CC2)cn1. The van der Waals surface area contributed by atoms with E-state index in [0.29, 0.717) is 0 Å². The van der Waals surface area contributed by atoms with Crippen molar-refractivity contribution >= 4 is 29.1 Å². The van der Waals surface area contributed by atoms with Gasteiger partial charge in [0.25, 0.3) is 0 Å². The molecule has 3 aromatic heterocycles. The Kier molecular flexibility index (Phi) is 10.4. The molecule has 1 aliphatic rings. The van der Waals surface area contributed by atoms with E-state index >= 15 is 0 Å². The minimum absolute atomic E-state index is 0.908. The van der Waals surface area contributed by atoms with Crippen molar-refractivity contribution < 1.29 is 46.1 Å². The fourth-order valence-electron chi connectivity index (χ4n) is 2.83. The Morgan fingerprint density at radius 3 is 2.05 bits per heavy atom. The van der Waals surface area contributed by atoms with E-state index in [9.17, 15) is 26.3 Å². The number of rotatable bonds is 4. The summed E-state index contributed by atoms with van der Waals surface area (Å²) in [6.45, 7) is 4.90. The molecule has 0 aromatic carbocycles. The lowest BCUT2D eigenvalue weighted by Crippen LogP contribution is -2.46. The van der Waals surface area contributed by atoms with Crippen molar-refractivity contribution in [2.24, 2.45) is 0 Å². The van der Waals surface area contributed by atoms with Crippen molar-refractivity contribution in [3.8, 4) is 11.3 Å². The highest BCUT2D eigenvalue weighted by atomic mass is 32.1. The number of alkyl halides is 6. The molecule has 0 unspecified atom stereocenters. The summed E-state index contributed by atoms with van der Waals surface area (Å²) in [5.74, 6) is -4.55. The average Bonchev–Trinajstić information content (AvgIpc) is 3.52. The number of halogens is 6. The van der Waals surface area contributed by atoms with Gasteiger partial charge in [-0.3, -0.25) is 15.0 Å². The van der Waals surface area contributed by atoms with Crippen LogP contribution in [0.1, 0.15) is 5.69 Å². The lowest BCUT2D eigenvalue weighted by molar-refractivity contribution is -0.193. The van der Waals surface area contributed by atoms with Gasteiger partial charge in [-0.2, -0.15) is 42.8 Å². The number of aromatic amines is 1. The van der Waals surface area contributed by atoms with Crippen LogP contribution in [-0.4, -0.2) is 85.7 Å². The number of aromatic nitrogens is 4. The number of aliphatic carboxylic acids is 2. The first-order valence-corrected chi connectivity index (χ1v) is 11.1. The van der Waals surface area contributed by atoms with Crippen molar-refractivity contribution in [1.29, 1.82) is 0 Å². The summed E-state index contributed by atoms with van der Waals surface area (Å²) in [6, 6.07) is 4.25. The molecule has 37 heavy (non-hydrogen) atoms. The Balaban J connectivity index is 0.000000286. The van der Waals surface area contributed by atoms with E-state index in [1.807, 2.05) is 6.20 Å². The summed E-state index contributed by atoms with van der Waals surface area (Å²) in [5, 5.41) is 26.0. The molecule has 0 saturated carbocycles. The number of hydrogen-bond donors (Lipinski definition) is 3. The third-order valence-electron chi connectivity index (χ3n) is 4.57. The lowest BCUT2D eigenvalue weighted by Gasteiger charge is -2.34. The summed E-state index contributed by atoms with van der Waals surface area (Å²) in [6.07, 6.45) is -4.88. The van der Waals surface area contributed by atoms with E-state index in [0.717, 1.165) is 44.2 Å². The van der Waals surface area contributed by atoms with Gasteiger partial charge in [0.15, 0.2) is 0 Å². The first kappa shape index (κ1) is 29.5. The highest BCUT2D eigenvalue weighted by molar-refractivity contribution is 7.08. The second kappa shape index (κ2) is 13.0. The van der Waals surface area contributed by atoms with Crippen LogP contribution in [0.3, 0.4) is 0 Å². The molecule has 0 aliphatic carbocycles. The lowest BCUT2D eigenvalue weighted by atomic mass is 10.2. The van der Waals surface area contributed by atoms with Crippen LogP contribution in [0.4, 0.5) is 32.2 Å². The molecule has 0 atom stereocenters. The Bertz CT molecular complexity index is 1090. The molecule has 0 amide bonds. The molecule has 1 saturated heterocycles. The fourth-order valence-corrected chi connectivity index (χ4v) is 3.48. The number of anilines is 1. The maximum atomic E-state index is 10.6. The maximum Gasteiger partial charge on any atom is 0.490 e. The van der Waals surface area contributed by atoms with Gasteiger partial charge >= 0.3 is 24.3 Å². The number of nitrogens with zero attached hydrogens (tertiary/aromatic N) is 5. The van der Waals surface area contributed by atoms with Crippen molar-refractivity contribution in [2.75, 3.05) is 31.1 Å². The highest BCUT2D eigenvalue weighted by Crippen LogP contribution is 2.21. The zero-order valence-electron chi connectivity index (χ0n) is 18.7. The van der Waals surface area contributed by atoms with Crippen LogP contribution in [0.15, 0.2) is 41.5 Å². The first-order valence-electron chi connectivity index (χ1n) is 10.2. The number of H-pyrrole nitrogens is 1. The van der Waals surface area contributed by atoms with Crippen LogP contribution in [0.25, 0.3) is 11.3 Å². The fraction of sp³-hybridized carbons (Fsp3) is 0.350. The number of piperazine rings is 1. The number of carboxylic acids is 2. The van der Waals surface area contributed by atoms with E-state index in [1.165, 1.54) is 11.3 Å². The Morgan fingerprint density at radius 2 is 1.59 bits per heavy atom. The topological polar surface area (TPSA) is 136 Å². The number of carboxylic acid groups (broad SMARTS) is 2. The summed E-state index contributed by atoms with van der Waals surface area (Å²) in [4.78, 5) is 31.0. The zero-order valence-corrected chi connectivity index (χ0v) is 19.5. The van der Waals surface area contributed by atoms with Gasteiger partial charge in [-0.05, 0) is 17.5 Å². The predicted octanol–water partition coefficient (Wildman–Crippen LogP) is 3.52. The van der Waals surface area contributed by atoms with Crippen molar-refractivity contribution in [3.63, 3.8) is 0 Å². The molecule has 1 fully saturated rings. The molecule has 3 aromatic rings. The normalized spacial score (nSPS) is 14.2. The van der Waals surface area contributed by atoms with Crippen molar-refractivity contribution in [1.82, 2.24) is 25.1 Å². The quantitative estimate of drug-likeness (QED) is 0.414. The van der Waals surface area contributed by atoms with Gasteiger partial charge in [0.05, 0.1) is 11.9 Å². The van der Waals surface area contributed by atoms with Crippen LogP contribution in [0.5, 0.6) is 0 Å². The Labute approximate surface area is 209 Å². The Hall–Kier alpha value is -3.73. The third kappa shape index (κ3) is 10.0. The average molecular weight is 554 g/mol. The minimum atomic E-state index is -5.08. The minimum Gasteiger partial charge on any atom is -0.475 e. The summed E-state index contributed by atoms with van der Waals surface area (Å²) < 4.78 is 63.5. The van der Waals surface area contributed by atoms with E-state index in [2.05, 4.69) is 52.9 Å². The van der Waals surface area contributed by atoms with Gasteiger partial charge in [0.1, 0.15) is 5.82 Å². The van der Waals surface area contributed by atoms with Crippen LogP contribution in [0.2, 0.25) is 0 Å². The maximum absolute atomic E-state index is 10.6. The molecule has 1 aliphatic heterocycles. The van der Waals surface area contributed by atoms with Gasteiger partial charge in [0.2, 0.25) is 0 Å². The predicted molar refractivity (Wildman–Crippen MR) is 119 cm³/mol. The van der Waals surface area contributed by atoms with Gasteiger partial charge in [-0.15, -0.1) is 0 Å². The Morgan fingerprint density at radius 1 is 1.00 bits per heavy atom. The highest BCUT2D eigenvalue weighted by Gasteiger charge is 2.38. The number of nitrogens with one attached hydrogen (secondary N) is 1. The third-order valence-corrected chi connectivity index (χ3v) is 5.26. The second-order valence-electron chi connectivity index (χ2n) is 7.22. The molecule has 17 heteroatoms. The standard InChI is InChI=1S/C16H18N6S.2C2HF3O2/c1-8-23-12-13(1)15-9-14(19-20-15)11-21-4-6-22(7-5-21)16-10-17-2-3-18-16;2*3-2(4,5)1(6)7/h1-3,8-10,12H,4-7,11H2,(H,19,20);2*(H,6,7). The van der Waals surface area contributed by atoms with Gasteiger partial charge in [-0.1, -0.05) is 0 Å². The van der Waals surface area contributed by atoms with Crippen LogP contribution >= 0.6 is 11.3 Å². The molecular formula is C20H20F6N6O4S. The van der Waals surface area contributed by atoms with Gasteiger partial charge in [-0.25, -0.2) is 14.6 Å². The monoisotopic (exact) mass is 554 g/mol. The van der Waals surface area contributed by atoms with E-state index in [4.69, 9.17) is 19.8 Å². The molecule has 3 N–H and O–H groups in total. The first-order chi connectivity index (χ1) is 17.3. The van der Waals surface area contributed by atoms with Crippen LogP contribution < -0.4 is 4.90 Å². The van der Waals surface area contributed by atoms with Crippen LogP contribution in [-0.2, 0) is 16.1 Å². The zero-order chi connectivity index (χ0) is 27.6. The smallest absolute Gasteiger partial charge is 0.475 e. The summed E-state index contributed by atoms with van der Waals surface area (Å²) in [7, 11) is 0. The summed E-state index contributed by atoms with van der Waals surface area (Å²) in [5.41, 5.74) is 3.38. The number of thiophene rings is 1. The number of carbonyl (C=O) groups is 2. The summed E-state index contributed by atoms with van der Waals surface area (Å²) >= 11 is 1.70. The van der Waals surface area contributed by atoms with E-state index in [-0.39, 0.29) is 0 Å². The molecular weight excluding hydrogens is 534 g/mol. The molecule has 0 bridgehead atoms. The molecule has 4 rings (SSSR count). The van der Waals surface area contributed by atoms with E-state index < -0.39 is 24.3 Å². The second-order valence-corrected chi connectivity index (χ2v) is 8.00. The largest absolute Gasteiger partial charge is 0.490 e. The van der Waals surface area contributed by atoms with Crippen molar-refractivity contribution in [2.45, 2.75) is 18.9 Å². The molecule has 202 valence electrons. The van der Waals surface area contributed by atoms with Crippen LogP contribution in [0, 0.1) is 0 Å². The molecule has 10 nitrogen and oxygen atoms in total. The van der Waals surface area contributed by atoms with Crippen molar-refractivity contribution in [3.05, 3.63) is 47.2 Å². The van der Waals surface area contributed by atoms with Gasteiger partial charge < -0.3 is 15.1 Å². The molecule has 0 radical (unpaired) electrons. The number of hydrogen-bond acceptors (Lipinski definition) is 8. The molecule has 0 spiro atoms. The molecule has 4 heterocycles.